The molecule has 1 aliphatic rings. The molecule has 0 amide bonds. The largest absolute Gasteiger partial charge is 0.398 e. The summed E-state index contributed by atoms with van der Waals surface area (Å²) in [5.74, 6) is 0. The average molecular weight is 265 g/mol. The number of benzene rings is 2. The number of nitrogen functional groups attached to an aromatic ring is 1. The van der Waals surface area contributed by atoms with Gasteiger partial charge >= 0.3 is 0 Å². The SMILES string of the molecule is Cc1ccc(C2(c3ccccc3N)CCCCC2)cc1. The molecule has 104 valence electrons. The molecule has 1 fully saturated rings. The molecular formula is C19H23N. The van der Waals surface area contributed by atoms with Gasteiger partial charge in [0.05, 0.1) is 0 Å². The van der Waals surface area contributed by atoms with Crippen LogP contribution < -0.4 is 5.73 Å². The first kappa shape index (κ1) is 13.2. The zero-order valence-corrected chi connectivity index (χ0v) is 12.2. The van der Waals surface area contributed by atoms with Gasteiger partial charge in [0, 0.05) is 11.1 Å². The number of anilines is 1. The van der Waals surface area contributed by atoms with Gasteiger partial charge in [0.1, 0.15) is 0 Å². The van der Waals surface area contributed by atoms with Gasteiger partial charge in [-0.15, -0.1) is 0 Å². The summed E-state index contributed by atoms with van der Waals surface area (Å²) in [4.78, 5) is 0. The van der Waals surface area contributed by atoms with Gasteiger partial charge in [-0.05, 0) is 37.0 Å². The third-order valence-electron chi connectivity index (χ3n) is 4.79. The average Bonchev–Trinajstić information content (AvgIpc) is 2.49. The van der Waals surface area contributed by atoms with Gasteiger partial charge in [0.15, 0.2) is 0 Å². The van der Waals surface area contributed by atoms with Crippen molar-refractivity contribution in [2.45, 2.75) is 44.4 Å². The van der Waals surface area contributed by atoms with E-state index in [9.17, 15) is 0 Å². The Labute approximate surface area is 121 Å². The first-order valence-corrected chi connectivity index (χ1v) is 7.64. The van der Waals surface area contributed by atoms with Crippen LogP contribution in [-0.2, 0) is 5.41 Å². The topological polar surface area (TPSA) is 26.0 Å². The standard InChI is InChI=1S/C19H23N/c1-15-9-11-16(12-10-15)19(13-5-2-6-14-19)17-7-3-4-8-18(17)20/h3-4,7-12H,2,5-6,13-14,20H2,1H3. The van der Waals surface area contributed by atoms with Crippen LogP contribution in [0.5, 0.6) is 0 Å². The third kappa shape index (κ3) is 2.22. The summed E-state index contributed by atoms with van der Waals surface area (Å²) in [6.07, 6.45) is 6.36. The van der Waals surface area contributed by atoms with Crippen molar-refractivity contribution in [3.63, 3.8) is 0 Å². The van der Waals surface area contributed by atoms with Crippen LogP contribution in [0.15, 0.2) is 48.5 Å². The lowest BCUT2D eigenvalue weighted by Crippen LogP contribution is -2.31. The number of nitrogens with two attached hydrogens (primary N) is 1. The molecule has 0 heterocycles. The maximum Gasteiger partial charge on any atom is 0.0355 e. The van der Waals surface area contributed by atoms with Crippen molar-refractivity contribution >= 4 is 5.69 Å². The van der Waals surface area contributed by atoms with E-state index in [1.165, 1.54) is 48.8 Å². The predicted molar refractivity (Wildman–Crippen MR) is 85.9 cm³/mol. The third-order valence-corrected chi connectivity index (χ3v) is 4.79. The Morgan fingerprint density at radius 3 is 2.15 bits per heavy atom. The number of hydrogen-bond acceptors (Lipinski definition) is 1. The fourth-order valence-electron chi connectivity index (χ4n) is 3.67. The van der Waals surface area contributed by atoms with Crippen LogP contribution in [0.25, 0.3) is 0 Å². The Morgan fingerprint density at radius 1 is 0.850 bits per heavy atom. The molecule has 0 aromatic heterocycles. The Balaban J connectivity index is 2.14. The summed E-state index contributed by atoms with van der Waals surface area (Å²) in [6.45, 7) is 2.15. The summed E-state index contributed by atoms with van der Waals surface area (Å²) in [5, 5.41) is 0. The number of hydrogen-bond donors (Lipinski definition) is 1. The van der Waals surface area contributed by atoms with Crippen LogP contribution in [-0.4, -0.2) is 0 Å². The minimum atomic E-state index is 0.122. The molecule has 0 spiro atoms. The second-order valence-corrected chi connectivity index (χ2v) is 6.10. The van der Waals surface area contributed by atoms with E-state index in [1.807, 2.05) is 12.1 Å². The van der Waals surface area contributed by atoms with E-state index in [0.717, 1.165) is 5.69 Å². The zero-order valence-electron chi connectivity index (χ0n) is 12.2. The second-order valence-electron chi connectivity index (χ2n) is 6.10. The van der Waals surface area contributed by atoms with Gasteiger partial charge < -0.3 is 5.73 Å². The van der Waals surface area contributed by atoms with Crippen molar-refractivity contribution in [2.75, 3.05) is 5.73 Å². The smallest absolute Gasteiger partial charge is 0.0355 e. The molecule has 0 aliphatic heterocycles. The van der Waals surface area contributed by atoms with Gasteiger partial charge in [-0.25, -0.2) is 0 Å². The van der Waals surface area contributed by atoms with Crippen molar-refractivity contribution < 1.29 is 0 Å². The van der Waals surface area contributed by atoms with E-state index in [1.54, 1.807) is 0 Å². The van der Waals surface area contributed by atoms with Crippen LogP contribution >= 0.6 is 0 Å². The highest BCUT2D eigenvalue weighted by Crippen LogP contribution is 2.46. The summed E-state index contributed by atoms with van der Waals surface area (Å²) < 4.78 is 0. The molecule has 20 heavy (non-hydrogen) atoms. The van der Waals surface area contributed by atoms with E-state index in [-0.39, 0.29) is 5.41 Å². The molecule has 3 rings (SSSR count). The Bertz CT molecular complexity index is 577. The number of rotatable bonds is 2. The van der Waals surface area contributed by atoms with E-state index >= 15 is 0 Å². The quantitative estimate of drug-likeness (QED) is 0.773. The van der Waals surface area contributed by atoms with Crippen molar-refractivity contribution in [1.29, 1.82) is 0 Å². The summed E-state index contributed by atoms with van der Waals surface area (Å²) >= 11 is 0. The minimum Gasteiger partial charge on any atom is -0.398 e. The van der Waals surface area contributed by atoms with Gasteiger partial charge in [-0.2, -0.15) is 0 Å². The molecule has 2 aromatic rings. The molecule has 0 bridgehead atoms. The first-order valence-electron chi connectivity index (χ1n) is 7.64. The van der Waals surface area contributed by atoms with E-state index in [2.05, 4.69) is 43.3 Å². The Kier molecular flexibility index (Phi) is 3.52. The lowest BCUT2D eigenvalue weighted by Gasteiger charge is -2.39. The van der Waals surface area contributed by atoms with Crippen LogP contribution in [0.4, 0.5) is 5.69 Å². The van der Waals surface area contributed by atoms with Gasteiger partial charge in [0.2, 0.25) is 0 Å². The highest BCUT2D eigenvalue weighted by atomic mass is 14.6. The molecule has 0 unspecified atom stereocenters. The highest BCUT2D eigenvalue weighted by molar-refractivity contribution is 5.55. The molecule has 2 N–H and O–H groups in total. The van der Waals surface area contributed by atoms with Crippen molar-refractivity contribution in [3.8, 4) is 0 Å². The van der Waals surface area contributed by atoms with E-state index < -0.39 is 0 Å². The highest BCUT2D eigenvalue weighted by Gasteiger charge is 2.36. The van der Waals surface area contributed by atoms with Gasteiger partial charge in [0.25, 0.3) is 0 Å². The number of aryl methyl sites for hydroxylation is 1. The normalized spacial score (nSPS) is 17.9. The molecule has 1 aliphatic carbocycles. The van der Waals surface area contributed by atoms with Crippen molar-refractivity contribution in [1.82, 2.24) is 0 Å². The molecule has 0 atom stereocenters. The fourth-order valence-corrected chi connectivity index (χ4v) is 3.67. The van der Waals surface area contributed by atoms with Crippen molar-refractivity contribution in [2.24, 2.45) is 0 Å². The van der Waals surface area contributed by atoms with Crippen LogP contribution in [0.3, 0.4) is 0 Å². The van der Waals surface area contributed by atoms with E-state index in [0.29, 0.717) is 0 Å². The summed E-state index contributed by atoms with van der Waals surface area (Å²) in [6, 6.07) is 17.5. The molecule has 1 heteroatoms. The Morgan fingerprint density at radius 2 is 1.50 bits per heavy atom. The zero-order chi connectivity index (χ0) is 14.0. The van der Waals surface area contributed by atoms with Crippen molar-refractivity contribution in [3.05, 3.63) is 65.2 Å². The molecular weight excluding hydrogens is 242 g/mol. The molecule has 1 saturated carbocycles. The number of para-hydroxylation sites is 1. The maximum absolute atomic E-state index is 6.30. The first-order chi connectivity index (χ1) is 9.72. The fraction of sp³-hybridized carbons (Fsp3) is 0.368. The predicted octanol–water partition coefficient (Wildman–Crippen LogP) is 4.83. The van der Waals surface area contributed by atoms with Gasteiger partial charge in [-0.3, -0.25) is 0 Å². The Hall–Kier alpha value is -1.76. The minimum absolute atomic E-state index is 0.122. The molecule has 0 saturated heterocycles. The van der Waals surface area contributed by atoms with Crippen LogP contribution in [0, 0.1) is 6.92 Å². The molecule has 2 aromatic carbocycles. The lowest BCUT2D eigenvalue weighted by molar-refractivity contribution is 0.347. The van der Waals surface area contributed by atoms with Crippen LogP contribution in [0.1, 0.15) is 48.8 Å². The second kappa shape index (κ2) is 5.32. The summed E-state index contributed by atoms with van der Waals surface area (Å²) in [5.41, 5.74) is 11.4. The molecule has 1 nitrogen and oxygen atoms in total. The summed E-state index contributed by atoms with van der Waals surface area (Å²) in [7, 11) is 0. The maximum atomic E-state index is 6.30. The lowest BCUT2D eigenvalue weighted by atomic mass is 9.65. The molecule has 0 radical (unpaired) electrons. The van der Waals surface area contributed by atoms with E-state index in [4.69, 9.17) is 5.73 Å². The van der Waals surface area contributed by atoms with Gasteiger partial charge in [-0.1, -0.05) is 67.3 Å². The van der Waals surface area contributed by atoms with Crippen LogP contribution in [0.2, 0.25) is 0 Å². The monoisotopic (exact) mass is 265 g/mol.